The monoisotopic (exact) mass is 429 g/mol. The summed E-state index contributed by atoms with van der Waals surface area (Å²) in [5.41, 5.74) is 3.79. The largest absolute Gasteiger partial charge is 0.385 e. The molecule has 8 nitrogen and oxygen atoms in total. The van der Waals surface area contributed by atoms with Gasteiger partial charge in [0.25, 0.3) is 0 Å². The van der Waals surface area contributed by atoms with Crippen LogP contribution in [0.2, 0.25) is 0 Å². The van der Waals surface area contributed by atoms with Gasteiger partial charge in [0.2, 0.25) is 5.95 Å². The van der Waals surface area contributed by atoms with E-state index in [4.69, 9.17) is 4.98 Å². The quantitative estimate of drug-likeness (QED) is 0.452. The normalized spacial score (nSPS) is 23.4. The van der Waals surface area contributed by atoms with Crippen molar-refractivity contribution >= 4 is 33.7 Å². The van der Waals surface area contributed by atoms with Gasteiger partial charge in [-0.2, -0.15) is 4.98 Å². The minimum Gasteiger partial charge on any atom is -0.385 e. The third-order valence-electron chi connectivity index (χ3n) is 6.92. The number of nitrogens with one attached hydrogen (secondary N) is 2. The maximum Gasteiger partial charge on any atom is 0.230 e. The van der Waals surface area contributed by atoms with E-state index in [-0.39, 0.29) is 0 Å². The second kappa shape index (κ2) is 7.79. The van der Waals surface area contributed by atoms with Crippen molar-refractivity contribution in [3.63, 3.8) is 0 Å². The van der Waals surface area contributed by atoms with Gasteiger partial charge in [0.1, 0.15) is 17.6 Å². The van der Waals surface area contributed by atoms with Crippen LogP contribution in [0.15, 0.2) is 36.8 Å². The molecule has 5 heterocycles. The summed E-state index contributed by atoms with van der Waals surface area (Å²) in [7, 11) is 0. The Labute approximate surface area is 186 Å². The molecule has 0 aromatic carbocycles. The molecule has 164 valence electrons. The SMILES string of the molecule is CC1CCC(n2c3cnccc3c3cnc(Nc4ccc5c(n4)[C@H](O)CNC5)nc32)CC1. The summed E-state index contributed by atoms with van der Waals surface area (Å²) in [6.45, 7) is 3.57. The number of aromatic nitrogens is 5. The molecule has 0 unspecified atom stereocenters. The number of rotatable bonds is 3. The van der Waals surface area contributed by atoms with Crippen molar-refractivity contribution in [3.8, 4) is 0 Å². The molecule has 1 fully saturated rings. The van der Waals surface area contributed by atoms with E-state index in [1.54, 1.807) is 0 Å². The second-order valence-corrected chi connectivity index (χ2v) is 9.12. The fraction of sp³-hybridized carbons (Fsp3) is 0.417. The first kappa shape index (κ1) is 19.6. The molecule has 32 heavy (non-hydrogen) atoms. The zero-order valence-corrected chi connectivity index (χ0v) is 18.1. The summed E-state index contributed by atoms with van der Waals surface area (Å²) in [6, 6.07) is 6.37. The Balaban J connectivity index is 1.41. The van der Waals surface area contributed by atoms with Gasteiger partial charge >= 0.3 is 0 Å². The molecular formula is C24H27N7O. The van der Waals surface area contributed by atoms with E-state index in [0.29, 0.717) is 30.0 Å². The van der Waals surface area contributed by atoms with Gasteiger partial charge < -0.3 is 20.3 Å². The first-order chi connectivity index (χ1) is 15.7. The van der Waals surface area contributed by atoms with Crippen molar-refractivity contribution in [2.75, 3.05) is 11.9 Å². The van der Waals surface area contributed by atoms with Gasteiger partial charge in [-0.05, 0) is 49.3 Å². The summed E-state index contributed by atoms with van der Waals surface area (Å²) < 4.78 is 2.37. The number of anilines is 2. The predicted molar refractivity (Wildman–Crippen MR) is 124 cm³/mol. The minimum atomic E-state index is -0.604. The van der Waals surface area contributed by atoms with Crippen molar-refractivity contribution in [2.24, 2.45) is 5.92 Å². The molecule has 8 heteroatoms. The molecule has 0 spiro atoms. The zero-order chi connectivity index (χ0) is 21.7. The molecule has 1 aliphatic heterocycles. The highest BCUT2D eigenvalue weighted by Gasteiger charge is 2.25. The van der Waals surface area contributed by atoms with Crippen LogP contribution in [0.1, 0.15) is 56.0 Å². The zero-order valence-electron chi connectivity index (χ0n) is 18.1. The molecule has 1 saturated carbocycles. The first-order valence-electron chi connectivity index (χ1n) is 11.4. The first-order valence-corrected chi connectivity index (χ1v) is 11.4. The molecule has 0 saturated heterocycles. The van der Waals surface area contributed by atoms with Gasteiger partial charge in [-0.1, -0.05) is 13.0 Å². The predicted octanol–water partition coefficient (Wildman–Crippen LogP) is 4.01. The van der Waals surface area contributed by atoms with Crippen molar-refractivity contribution in [2.45, 2.75) is 51.3 Å². The van der Waals surface area contributed by atoms with Crippen molar-refractivity contribution in [3.05, 3.63) is 48.0 Å². The lowest BCUT2D eigenvalue weighted by Gasteiger charge is -2.28. The van der Waals surface area contributed by atoms with E-state index in [2.05, 4.69) is 43.1 Å². The second-order valence-electron chi connectivity index (χ2n) is 9.12. The van der Waals surface area contributed by atoms with Crippen LogP contribution in [0, 0.1) is 5.92 Å². The van der Waals surface area contributed by atoms with Gasteiger partial charge in [-0.3, -0.25) is 4.98 Å². The highest BCUT2D eigenvalue weighted by molar-refractivity contribution is 6.06. The van der Waals surface area contributed by atoms with Gasteiger partial charge in [-0.25, -0.2) is 9.97 Å². The summed E-state index contributed by atoms with van der Waals surface area (Å²) in [6.07, 6.45) is 9.84. The Kier molecular flexibility index (Phi) is 4.77. The third-order valence-corrected chi connectivity index (χ3v) is 6.92. The number of hydrogen-bond donors (Lipinski definition) is 3. The fourth-order valence-electron chi connectivity index (χ4n) is 5.16. The molecule has 0 bridgehead atoms. The fourth-order valence-corrected chi connectivity index (χ4v) is 5.16. The van der Waals surface area contributed by atoms with E-state index in [1.165, 1.54) is 12.8 Å². The van der Waals surface area contributed by atoms with Gasteiger partial charge in [0.05, 0.1) is 17.4 Å². The van der Waals surface area contributed by atoms with Crippen LogP contribution < -0.4 is 10.6 Å². The minimum absolute atomic E-state index is 0.419. The number of fused-ring (bicyclic) bond motifs is 4. The molecule has 0 radical (unpaired) electrons. The smallest absolute Gasteiger partial charge is 0.230 e. The lowest BCUT2D eigenvalue weighted by atomic mass is 9.87. The van der Waals surface area contributed by atoms with E-state index < -0.39 is 6.10 Å². The van der Waals surface area contributed by atoms with E-state index in [9.17, 15) is 5.11 Å². The molecule has 1 aliphatic carbocycles. The molecule has 4 aromatic rings. The summed E-state index contributed by atoms with van der Waals surface area (Å²) >= 11 is 0. The van der Waals surface area contributed by atoms with E-state index in [1.807, 2.05) is 30.7 Å². The highest BCUT2D eigenvalue weighted by Crippen LogP contribution is 2.38. The molecule has 4 aromatic heterocycles. The molecular weight excluding hydrogens is 402 g/mol. The van der Waals surface area contributed by atoms with E-state index >= 15 is 0 Å². The van der Waals surface area contributed by atoms with Gasteiger partial charge in [0, 0.05) is 42.3 Å². The lowest BCUT2D eigenvalue weighted by molar-refractivity contribution is 0.160. The van der Waals surface area contributed by atoms with Crippen molar-refractivity contribution in [1.82, 2.24) is 29.8 Å². The number of pyridine rings is 2. The van der Waals surface area contributed by atoms with Crippen molar-refractivity contribution < 1.29 is 5.11 Å². The summed E-state index contributed by atoms with van der Waals surface area (Å²) in [5.74, 6) is 1.93. The summed E-state index contributed by atoms with van der Waals surface area (Å²) in [5, 5.41) is 18.9. The molecule has 3 N–H and O–H groups in total. The third kappa shape index (κ3) is 3.30. The number of β-amino-alcohol motifs (C(OH)–C–C–N with tert-alkyl or cyclic N) is 1. The van der Waals surface area contributed by atoms with E-state index in [0.717, 1.165) is 52.8 Å². The van der Waals surface area contributed by atoms with Gasteiger partial charge in [0.15, 0.2) is 0 Å². The molecule has 2 aliphatic rings. The standard InChI is InChI=1S/C24H27N7O/c1-14-2-5-16(6-3-14)31-19-12-25-9-8-17(19)18-11-27-24(30-23(18)31)29-21-7-4-15-10-26-13-20(32)22(15)28-21/h4,7-9,11-12,14,16,20,26,32H,2-3,5-6,10,13H2,1H3,(H,27,28,29,30)/t14?,16?,20-/m1/s1. The number of aliphatic hydroxyl groups is 1. The van der Waals surface area contributed by atoms with Crippen LogP contribution in [-0.4, -0.2) is 36.2 Å². The average Bonchev–Trinajstić information content (AvgIpc) is 3.14. The van der Waals surface area contributed by atoms with Crippen LogP contribution in [0.3, 0.4) is 0 Å². The Morgan fingerprint density at radius 2 is 1.94 bits per heavy atom. The molecule has 1 atom stereocenters. The average molecular weight is 430 g/mol. The number of hydrogen-bond acceptors (Lipinski definition) is 7. The Morgan fingerprint density at radius 1 is 1.06 bits per heavy atom. The number of aliphatic hydroxyl groups excluding tert-OH is 1. The lowest BCUT2D eigenvalue weighted by Crippen LogP contribution is -2.29. The highest BCUT2D eigenvalue weighted by atomic mass is 16.3. The Morgan fingerprint density at radius 3 is 2.81 bits per heavy atom. The molecule has 0 amide bonds. The number of nitrogens with zero attached hydrogens (tertiary/aromatic N) is 5. The van der Waals surface area contributed by atoms with Crippen LogP contribution >= 0.6 is 0 Å². The van der Waals surface area contributed by atoms with Crippen LogP contribution in [-0.2, 0) is 6.54 Å². The summed E-state index contributed by atoms with van der Waals surface area (Å²) in [4.78, 5) is 18.5. The maximum atomic E-state index is 10.3. The van der Waals surface area contributed by atoms with Crippen LogP contribution in [0.5, 0.6) is 0 Å². The molecule has 6 rings (SSSR count). The Bertz CT molecular complexity index is 1290. The Hall–Kier alpha value is -3.10. The van der Waals surface area contributed by atoms with Crippen molar-refractivity contribution in [1.29, 1.82) is 0 Å². The maximum absolute atomic E-state index is 10.3. The topological polar surface area (TPSA) is 101 Å². The van der Waals surface area contributed by atoms with Crippen LogP contribution in [0.4, 0.5) is 11.8 Å². The van der Waals surface area contributed by atoms with Crippen LogP contribution in [0.25, 0.3) is 21.9 Å². The van der Waals surface area contributed by atoms with Gasteiger partial charge in [-0.15, -0.1) is 0 Å².